The lowest BCUT2D eigenvalue weighted by atomic mass is 10.0. The zero-order chi connectivity index (χ0) is 22.3. The molecule has 1 aliphatic heterocycles. The fourth-order valence-corrected chi connectivity index (χ4v) is 4.27. The van der Waals surface area contributed by atoms with Crippen LogP contribution in [0.3, 0.4) is 0 Å². The van der Waals surface area contributed by atoms with Crippen molar-refractivity contribution in [3.63, 3.8) is 0 Å². The average Bonchev–Trinajstić information content (AvgIpc) is 3.35. The van der Waals surface area contributed by atoms with Crippen molar-refractivity contribution >= 4 is 28.8 Å². The van der Waals surface area contributed by atoms with Crippen molar-refractivity contribution in [3.05, 3.63) is 87.6 Å². The molecule has 0 saturated carbocycles. The van der Waals surface area contributed by atoms with Crippen molar-refractivity contribution in [3.8, 4) is 0 Å². The van der Waals surface area contributed by atoms with Gasteiger partial charge < -0.3 is 15.4 Å². The van der Waals surface area contributed by atoms with Crippen LogP contribution < -0.4 is 10.6 Å². The highest BCUT2D eigenvalue weighted by Gasteiger charge is 2.21. The van der Waals surface area contributed by atoms with Gasteiger partial charge in [-0.05, 0) is 42.1 Å². The van der Waals surface area contributed by atoms with Gasteiger partial charge >= 0.3 is 0 Å². The maximum absolute atomic E-state index is 13.1. The van der Waals surface area contributed by atoms with E-state index in [1.54, 1.807) is 30.3 Å². The summed E-state index contributed by atoms with van der Waals surface area (Å²) in [6.07, 6.45) is 0. The van der Waals surface area contributed by atoms with E-state index < -0.39 is 0 Å². The Hall–Kier alpha value is -3.00. The van der Waals surface area contributed by atoms with Crippen LogP contribution >= 0.6 is 11.3 Å². The second-order valence-electron chi connectivity index (χ2n) is 7.86. The molecule has 2 amide bonds. The number of morpholine rings is 1. The molecular formula is C25H27N3O3S. The Morgan fingerprint density at radius 1 is 1.03 bits per heavy atom. The van der Waals surface area contributed by atoms with Crippen LogP contribution in [-0.2, 0) is 4.74 Å². The maximum atomic E-state index is 13.1. The van der Waals surface area contributed by atoms with Gasteiger partial charge in [0, 0.05) is 30.9 Å². The summed E-state index contributed by atoms with van der Waals surface area (Å²) in [5.74, 6) is -0.349. The SMILES string of the molecule is Cc1ccc(C(CN2CCOCC2)NC(=O)c2cccc(NC(=O)c3cccs3)c2)cc1. The molecule has 0 bridgehead atoms. The monoisotopic (exact) mass is 449 g/mol. The molecule has 0 spiro atoms. The molecule has 1 aliphatic rings. The molecular weight excluding hydrogens is 422 g/mol. The van der Waals surface area contributed by atoms with Crippen molar-refractivity contribution in [2.24, 2.45) is 0 Å². The summed E-state index contributed by atoms with van der Waals surface area (Å²) in [5.41, 5.74) is 3.35. The summed E-state index contributed by atoms with van der Waals surface area (Å²) in [6.45, 7) is 5.88. The number of nitrogens with one attached hydrogen (secondary N) is 2. The normalized spacial score (nSPS) is 15.2. The third-order valence-electron chi connectivity index (χ3n) is 5.46. The second kappa shape index (κ2) is 10.5. The number of hydrogen-bond donors (Lipinski definition) is 2. The van der Waals surface area contributed by atoms with E-state index in [0.717, 1.165) is 18.7 Å². The molecule has 1 unspecified atom stereocenters. The van der Waals surface area contributed by atoms with E-state index in [2.05, 4.69) is 46.7 Å². The molecule has 1 aromatic heterocycles. The molecule has 2 heterocycles. The van der Waals surface area contributed by atoms with Crippen LogP contribution in [0, 0.1) is 6.92 Å². The summed E-state index contributed by atoms with van der Waals surface area (Å²) >= 11 is 1.38. The predicted molar refractivity (Wildman–Crippen MR) is 127 cm³/mol. The molecule has 32 heavy (non-hydrogen) atoms. The van der Waals surface area contributed by atoms with Crippen LogP contribution in [0.15, 0.2) is 66.0 Å². The first-order chi connectivity index (χ1) is 15.6. The molecule has 0 radical (unpaired) electrons. The Bertz CT molecular complexity index is 1040. The summed E-state index contributed by atoms with van der Waals surface area (Å²) in [7, 11) is 0. The van der Waals surface area contributed by atoms with E-state index in [1.807, 2.05) is 11.4 Å². The quantitative estimate of drug-likeness (QED) is 0.570. The number of carbonyl (C=O) groups excluding carboxylic acids is 2. The van der Waals surface area contributed by atoms with Crippen molar-refractivity contribution in [1.82, 2.24) is 10.2 Å². The lowest BCUT2D eigenvalue weighted by molar-refractivity contribution is 0.0332. The van der Waals surface area contributed by atoms with E-state index in [4.69, 9.17) is 4.74 Å². The number of aryl methyl sites for hydroxylation is 1. The van der Waals surface area contributed by atoms with Gasteiger partial charge in [0.2, 0.25) is 0 Å². The van der Waals surface area contributed by atoms with Crippen molar-refractivity contribution in [2.75, 3.05) is 38.2 Å². The zero-order valence-electron chi connectivity index (χ0n) is 18.0. The number of ether oxygens (including phenoxy) is 1. The number of carbonyl (C=O) groups is 2. The van der Waals surface area contributed by atoms with E-state index in [-0.39, 0.29) is 17.9 Å². The minimum absolute atomic E-state index is 0.148. The average molecular weight is 450 g/mol. The van der Waals surface area contributed by atoms with Gasteiger partial charge in [0.05, 0.1) is 24.1 Å². The van der Waals surface area contributed by atoms with E-state index in [0.29, 0.717) is 35.9 Å². The van der Waals surface area contributed by atoms with Crippen LogP contribution in [-0.4, -0.2) is 49.6 Å². The fraction of sp³-hybridized carbons (Fsp3) is 0.280. The molecule has 1 saturated heterocycles. The van der Waals surface area contributed by atoms with Crippen molar-refractivity contribution in [1.29, 1.82) is 0 Å². The first-order valence-corrected chi connectivity index (χ1v) is 11.6. The van der Waals surface area contributed by atoms with Gasteiger partial charge in [-0.1, -0.05) is 42.0 Å². The van der Waals surface area contributed by atoms with Crippen molar-refractivity contribution < 1.29 is 14.3 Å². The van der Waals surface area contributed by atoms with Crippen LogP contribution in [0.4, 0.5) is 5.69 Å². The first kappa shape index (κ1) is 22.2. The first-order valence-electron chi connectivity index (χ1n) is 10.7. The largest absolute Gasteiger partial charge is 0.379 e. The number of hydrogen-bond acceptors (Lipinski definition) is 5. The molecule has 3 aromatic rings. The fourth-order valence-electron chi connectivity index (χ4n) is 3.66. The number of amides is 2. The highest BCUT2D eigenvalue weighted by Crippen LogP contribution is 2.19. The van der Waals surface area contributed by atoms with Gasteiger partial charge in [0.15, 0.2) is 0 Å². The molecule has 6 nitrogen and oxygen atoms in total. The molecule has 1 fully saturated rings. The zero-order valence-corrected chi connectivity index (χ0v) is 18.9. The Balaban J connectivity index is 1.48. The molecule has 2 aromatic carbocycles. The van der Waals surface area contributed by atoms with Gasteiger partial charge in [-0.15, -0.1) is 11.3 Å². The third-order valence-corrected chi connectivity index (χ3v) is 6.33. The smallest absolute Gasteiger partial charge is 0.265 e. The number of anilines is 1. The Kier molecular flexibility index (Phi) is 7.32. The lowest BCUT2D eigenvalue weighted by Gasteiger charge is -2.31. The van der Waals surface area contributed by atoms with Crippen LogP contribution in [0.5, 0.6) is 0 Å². The molecule has 1 atom stereocenters. The standard InChI is InChI=1S/C25H27N3O3S/c1-18-7-9-19(10-8-18)22(17-28-11-13-31-14-12-28)27-24(29)20-4-2-5-21(16-20)26-25(30)23-6-3-15-32-23/h2-10,15-16,22H,11-14,17H2,1H3,(H,26,30)(H,27,29). The van der Waals surface area contributed by atoms with Crippen LogP contribution in [0.2, 0.25) is 0 Å². The van der Waals surface area contributed by atoms with Gasteiger partial charge in [-0.3, -0.25) is 14.5 Å². The number of rotatable bonds is 7. The molecule has 2 N–H and O–H groups in total. The third kappa shape index (κ3) is 5.82. The highest BCUT2D eigenvalue weighted by atomic mass is 32.1. The summed E-state index contributed by atoms with van der Waals surface area (Å²) in [4.78, 5) is 28.4. The topological polar surface area (TPSA) is 70.7 Å². The summed E-state index contributed by atoms with van der Waals surface area (Å²) in [5, 5.41) is 7.92. The predicted octanol–water partition coefficient (Wildman–Crippen LogP) is 4.11. The number of nitrogens with zero attached hydrogens (tertiary/aromatic N) is 1. The number of thiophene rings is 1. The van der Waals surface area contributed by atoms with Gasteiger partial charge in [0.1, 0.15) is 0 Å². The van der Waals surface area contributed by atoms with Gasteiger partial charge in [-0.25, -0.2) is 0 Å². The molecule has 4 rings (SSSR count). The van der Waals surface area contributed by atoms with Crippen LogP contribution in [0.25, 0.3) is 0 Å². The Labute approximate surface area is 192 Å². The Morgan fingerprint density at radius 2 is 1.81 bits per heavy atom. The van der Waals surface area contributed by atoms with E-state index in [9.17, 15) is 9.59 Å². The van der Waals surface area contributed by atoms with Crippen molar-refractivity contribution in [2.45, 2.75) is 13.0 Å². The van der Waals surface area contributed by atoms with Crippen LogP contribution in [0.1, 0.15) is 37.2 Å². The molecule has 166 valence electrons. The minimum Gasteiger partial charge on any atom is -0.379 e. The van der Waals surface area contributed by atoms with E-state index >= 15 is 0 Å². The summed E-state index contributed by atoms with van der Waals surface area (Å²) in [6, 6.07) is 18.8. The Morgan fingerprint density at radius 3 is 2.53 bits per heavy atom. The van der Waals surface area contributed by atoms with E-state index in [1.165, 1.54) is 16.9 Å². The minimum atomic E-state index is -0.178. The highest BCUT2D eigenvalue weighted by molar-refractivity contribution is 7.12. The summed E-state index contributed by atoms with van der Waals surface area (Å²) < 4.78 is 5.46. The lowest BCUT2D eigenvalue weighted by Crippen LogP contribution is -2.43. The molecule has 0 aliphatic carbocycles. The number of benzene rings is 2. The second-order valence-corrected chi connectivity index (χ2v) is 8.81. The maximum Gasteiger partial charge on any atom is 0.265 e. The van der Waals surface area contributed by atoms with Gasteiger partial charge in [0.25, 0.3) is 11.8 Å². The van der Waals surface area contributed by atoms with Gasteiger partial charge in [-0.2, -0.15) is 0 Å². The molecule has 7 heteroatoms.